The van der Waals surface area contributed by atoms with Crippen molar-refractivity contribution < 1.29 is 13.5 Å². The van der Waals surface area contributed by atoms with Gasteiger partial charge in [0.2, 0.25) is 0 Å². The molecule has 1 aliphatic heterocycles. The molecule has 0 spiro atoms. The van der Waals surface area contributed by atoms with Gasteiger partial charge in [0.1, 0.15) is 11.6 Å². The van der Waals surface area contributed by atoms with Gasteiger partial charge in [-0.25, -0.2) is 8.78 Å². The van der Waals surface area contributed by atoms with Crippen LogP contribution < -0.4 is 5.73 Å². The van der Waals surface area contributed by atoms with Crippen LogP contribution in [0.5, 0.6) is 0 Å². The first-order valence-corrected chi connectivity index (χ1v) is 6.15. The summed E-state index contributed by atoms with van der Waals surface area (Å²) < 4.78 is 32.4. The quantitative estimate of drug-likeness (QED) is 0.898. The molecular weight excluding hydrogens is 236 g/mol. The van der Waals surface area contributed by atoms with Crippen LogP contribution in [0.3, 0.4) is 0 Å². The SMILES string of the molecule is CC(C)(N)CCC1(c2cc(F)ccc2F)COC1. The molecule has 0 atom stereocenters. The van der Waals surface area contributed by atoms with Gasteiger partial charge < -0.3 is 10.5 Å². The molecule has 1 heterocycles. The molecule has 1 saturated heterocycles. The van der Waals surface area contributed by atoms with E-state index in [0.717, 1.165) is 12.5 Å². The van der Waals surface area contributed by atoms with E-state index in [0.29, 0.717) is 25.2 Å². The Morgan fingerprint density at radius 2 is 2.00 bits per heavy atom. The molecule has 2 rings (SSSR count). The van der Waals surface area contributed by atoms with Gasteiger partial charge in [-0.05, 0) is 44.9 Å². The molecule has 0 aliphatic carbocycles. The molecule has 0 amide bonds. The lowest BCUT2D eigenvalue weighted by atomic mass is 9.73. The summed E-state index contributed by atoms with van der Waals surface area (Å²) in [5, 5.41) is 0. The van der Waals surface area contributed by atoms with Crippen LogP contribution in [0.15, 0.2) is 18.2 Å². The van der Waals surface area contributed by atoms with Crippen LogP contribution in [-0.2, 0) is 10.2 Å². The first kappa shape index (κ1) is 13.4. The van der Waals surface area contributed by atoms with Gasteiger partial charge in [0, 0.05) is 16.5 Å². The molecule has 0 bridgehead atoms. The fraction of sp³-hybridized carbons (Fsp3) is 0.571. The third kappa shape index (κ3) is 2.70. The van der Waals surface area contributed by atoms with Crippen molar-refractivity contribution in [2.75, 3.05) is 13.2 Å². The highest BCUT2D eigenvalue weighted by Crippen LogP contribution is 2.39. The highest BCUT2D eigenvalue weighted by atomic mass is 19.1. The van der Waals surface area contributed by atoms with E-state index in [4.69, 9.17) is 10.5 Å². The van der Waals surface area contributed by atoms with Crippen LogP contribution >= 0.6 is 0 Å². The largest absolute Gasteiger partial charge is 0.379 e. The van der Waals surface area contributed by atoms with E-state index in [1.54, 1.807) is 0 Å². The van der Waals surface area contributed by atoms with Gasteiger partial charge in [0.15, 0.2) is 0 Å². The average molecular weight is 255 g/mol. The number of halogens is 2. The standard InChI is InChI=1S/C14H19F2NO/c1-13(2,17)5-6-14(8-18-9-14)11-7-10(15)3-4-12(11)16/h3-4,7H,5-6,8-9,17H2,1-2H3. The molecule has 1 aromatic rings. The predicted molar refractivity (Wildman–Crippen MR) is 66.4 cm³/mol. The highest BCUT2D eigenvalue weighted by Gasteiger charge is 2.42. The van der Waals surface area contributed by atoms with Gasteiger partial charge in [-0.2, -0.15) is 0 Å². The Hall–Kier alpha value is -1.00. The van der Waals surface area contributed by atoms with E-state index in [9.17, 15) is 8.78 Å². The number of rotatable bonds is 4. The Kier molecular flexibility index (Phi) is 3.43. The molecule has 1 fully saturated rings. The van der Waals surface area contributed by atoms with Crippen molar-refractivity contribution in [2.45, 2.75) is 37.6 Å². The van der Waals surface area contributed by atoms with Crippen LogP contribution in [-0.4, -0.2) is 18.8 Å². The number of benzene rings is 1. The zero-order chi connectivity index (χ0) is 13.4. The second-order valence-electron chi connectivity index (χ2n) is 5.89. The van der Waals surface area contributed by atoms with Gasteiger partial charge in [-0.3, -0.25) is 0 Å². The van der Waals surface area contributed by atoms with Crippen molar-refractivity contribution in [3.63, 3.8) is 0 Å². The van der Waals surface area contributed by atoms with Crippen molar-refractivity contribution in [3.8, 4) is 0 Å². The topological polar surface area (TPSA) is 35.2 Å². The van der Waals surface area contributed by atoms with Gasteiger partial charge in [0.05, 0.1) is 13.2 Å². The Bertz CT molecular complexity index is 436. The molecule has 100 valence electrons. The summed E-state index contributed by atoms with van der Waals surface area (Å²) in [5.41, 5.74) is 5.65. The first-order chi connectivity index (χ1) is 8.32. The number of hydrogen-bond donors (Lipinski definition) is 1. The zero-order valence-electron chi connectivity index (χ0n) is 10.8. The van der Waals surface area contributed by atoms with E-state index >= 15 is 0 Å². The van der Waals surface area contributed by atoms with Crippen LogP contribution in [0.2, 0.25) is 0 Å². The predicted octanol–water partition coefficient (Wildman–Crippen LogP) is 2.75. The number of hydrogen-bond acceptors (Lipinski definition) is 2. The van der Waals surface area contributed by atoms with Crippen molar-refractivity contribution in [3.05, 3.63) is 35.4 Å². The summed E-state index contributed by atoms with van der Waals surface area (Å²) in [6.45, 7) is 4.73. The highest BCUT2D eigenvalue weighted by molar-refractivity contribution is 5.30. The van der Waals surface area contributed by atoms with E-state index in [1.807, 2.05) is 13.8 Å². The Labute approximate surface area is 106 Å². The van der Waals surface area contributed by atoms with Crippen molar-refractivity contribution in [1.29, 1.82) is 0 Å². The summed E-state index contributed by atoms with van der Waals surface area (Å²) in [7, 11) is 0. The third-order valence-corrected chi connectivity index (χ3v) is 3.50. The summed E-state index contributed by atoms with van der Waals surface area (Å²) in [6.07, 6.45) is 1.45. The van der Waals surface area contributed by atoms with Crippen LogP contribution in [0, 0.1) is 11.6 Å². The molecule has 0 saturated carbocycles. The van der Waals surface area contributed by atoms with Gasteiger partial charge in [-0.15, -0.1) is 0 Å². The van der Waals surface area contributed by atoms with E-state index in [-0.39, 0.29) is 11.4 Å². The summed E-state index contributed by atoms with van der Waals surface area (Å²) in [6, 6.07) is 3.60. The van der Waals surface area contributed by atoms with Crippen molar-refractivity contribution >= 4 is 0 Å². The summed E-state index contributed by atoms with van der Waals surface area (Å²) >= 11 is 0. The Balaban J connectivity index is 2.24. The molecule has 0 radical (unpaired) electrons. The lowest BCUT2D eigenvalue weighted by Gasteiger charge is -2.43. The van der Waals surface area contributed by atoms with Crippen molar-refractivity contribution in [2.24, 2.45) is 5.73 Å². The second kappa shape index (κ2) is 4.59. The monoisotopic (exact) mass is 255 g/mol. The number of ether oxygens (including phenoxy) is 1. The smallest absolute Gasteiger partial charge is 0.127 e. The van der Waals surface area contributed by atoms with Gasteiger partial charge in [-0.1, -0.05) is 0 Å². The number of nitrogens with two attached hydrogens (primary N) is 1. The molecule has 4 heteroatoms. The molecule has 0 aromatic heterocycles. The van der Waals surface area contributed by atoms with Gasteiger partial charge >= 0.3 is 0 Å². The lowest BCUT2D eigenvalue weighted by Crippen LogP contribution is -2.49. The Morgan fingerprint density at radius 3 is 2.50 bits per heavy atom. The molecule has 2 nitrogen and oxygen atoms in total. The van der Waals surface area contributed by atoms with Gasteiger partial charge in [0.25, 0.3) is 0 Å². The fourth-order valence-corrected chi connectivity index (χ4v) is 2.25. The minimum Gasteiger partial charge on any atom is -0.379 e. The molecular formula is C14H19F2NO. The second-order valence-corrected chi connectivity index (χ2v) is 5.89. The van der Waals surface area contributed by atoms with E-state index in [2.05, 4.69) is 0 Å². The average Bonchev–Trinajstić information content (AvgIpc) is 2.20. The van der Waals surface area contributed by atoms with E-state index in [1.165, 1.54) is 12.1 Å². The van der Waals surface area contributed by atoms with Crippen molar-refractivity contribution in [1.82, 2.24) is 0 Å². The summed E-state index contributed by atoms with van der Waals surface area (Å²) in [5.74, 6) is -0.779. The maximum absolute atomic E-state index is 13.9. The lowest BCUT2D eigenvalue weighted by molar-refractivity contribution is -0.0686. The zero-order valence-corrected chi connectivity index (χ0v) is 10.8. The van der Waals surface area contributed by atoms with E-state index < -0.39 is 11.2 Å². The van der Waals surface area contributed by atoms with Crippen LogP contribution in [0.1, 0.15) is 32.3 Å². The Morgan fingerprint density at radius 1 is 1.33 bits per heavy atom. The van der Waals surface area contributed by atoms with Crippen LogP contribution in [0.25, 0.3) is 0 Å². The summed E-state index contributed by atoms with van der Waals surface area (Å²) in [4.78, 5) is 0. The molecule has 1 aromatic carbocycles. The normalized spacial score (nSPS) is 18.5. The molecule has 1 aliphatic rings. The fourth-order valence-electron chi connectivity index (χ4n) is 2.25. The third-order valence-electron chi connectivity index (χ3n) is 3.50. The maximum atomic E-state index is 13.9. The minimum absolute atomic E-state index is 0.313. The maximum Gasteiger partial charge on any atom is 0.127 e. The molecule has 18 heavy (non-hydrogen) atoms. The van der Waals surface area contributed by atoms with Crippen LogP contribution in [0.4, 0.5) is 8.78 Å². The molecule has 0 unspecified atom stereocenters. The molecule has 2 N–H and O–H groups in total. The first-order valence-electron chi connectivity index (χ1n) is 6.15. The minimum atomic E-state index is -0.414.